The molecule has 1 aliphatic heterocycles. The zero-order chi connectivity index (χ0) is 48.1. The number of fused-ring (bicyclic) bond motifs is 1. The predicted molar refractivity (Wildman–Crippen MR) is 252 cm³/mol. The predicted octanol–water partition coefficient (Wildman–Crippen LogP) is 9.23. The van der Waals surface area contributed by atoms with Gasteiger partial charge in [0.05, 0.1) is 33.2 Å². The largest absolute Gasteiger partial charge is 0.490 e. The summed E-state index contributed by atoms with van der Waals surface area (Å²) >= 11 is 0. The first-order valence-electron chi connectivity index (χ1n) is 21.7. The standard InChI is InChI=1S/C55H44O14/c1-3-31-61-40-27-25-35(26-28-40)42-33-63-46-41(45(42)56)29-30-43(47(46)62-32-4-2)65-55-50(69-54(60)39-23-15-8-16-24-39)49(68-53(59)38-21-13-7-14-22-38)48(67-52(58)37-19-11-6-12-20-37)44(66-55)34-64-51(57)36-17-9-5-10-18-36/h3-30,33,44,48-50,55H,1-2,31-32,34H2/t44-,48-,49-,50-,55-/m1/s1. The van der Waals surface area contributed by atoms with Gasteiger partial charge in [0.2, 0.25) is 23.6 Å². The van der Waals surface area contributed by atoms with Crippen molar-refractivity contribution in [3.63, 3.8) is 0 Å². The molecule has 8 rings (SSSR count). The smallest absolute Gasteiger partial charge is 0.338 e. The Morgan fingerprint density at radius 3 is 1.58 bits per heavy atom. The molecule has 0 bridgehead atoms. The Labute approximate surface area is 395 Å². The van der Waals surface area contributed by atoms with Crippen molar-refractivity contribution in [3.05, 3.63) is 222 Å². The molecule has 2 heterocycles. The van der Waals surface area contributed by atoms with Crippen molar-refractivity contribution >= 4 is 34.8 Å². The van der Waals surface area contributed by atoms with Crippen molar-refractivity contribution in [3.8, 4) is 28.4 Å². The topological polar surface area (TPSA) is 172 Å². The highest BCUT2D eigenvalue weighted by atomic mass is 16.7. The Hall–Kier alpha value is -8.75. The van der Waals surface area contributed by atoms with Gasteiger partial charge in [0.25, 0.3) is 0 Å². The number of esters is 4. The van der Waals surface area contributed by atoms with Crippen LogP contribution in [0.4, 0.5) is 0 Å². The average molecular weight is 929 g/mol. The van der Waals surface area contributed by atoms with Crippen LogP contribution in [0.5, 0.6) is 17.2 Å². The molecule has 1 saturated heterocycles. The van der Waals surface area contributed by atoms with Gasteiger partial charge in [-0.2, -0.15) is 0 Å². The van der Waals surface area contributed by atoms with E-state index in [4.69, 9.17) is 42.3 Å². The Morgan fingerprint density at radius 2 is 1.04 bits per heavy atom. The minimum atomic E-state index is -1.74. The molecule has 7 aromatic rings. The van der Waals surface area contributed by atoms with Crippen LogP contribution in [0.2, 0.25) is 0 Å². The van der Waals surface area contributed by atoms with Crippen LogP contribution < -0.4 is 19.6 Å². The van der Waals surface area contributed by atoms with Crippen molar-refractivity contribution in [1.29, 1.82) is 0 Å². The van der Waals surface area contributed by atoms with E-state index in [-0.39, 0.29) is 56.9 Å². The van der Waals surface area contributed by atoms with E-state index in [2.05, 4.69) is 13.2 Å². The van der Waals surface area contributed by atoms with Crippen LogP contribution in [0.1, 0.15) is 41.4 Å². The Bertz CT molecular complexity index is 2970. The number of hydrogen-bond acceptors (Lipinski definition) is 14. The van der Waals surface area contributed by atoms with Gasteiger partial charge in [0, 0.05) is 0 Å². The molecule has 0 saturated carbocycles. The monoisotopic (exact) mass is 928 g/mol. The van der Waals surface area contributed by atoms with E-state index in [0.29, 0.717) is 17.9 Å². The normalized spacial score (nSPS) is 17.4. The summed E-state index contributed by atoms with van der Waals surface area (Å²) in [7, 11) is 0. The van der Waals surface area contributed by atoms with E-state index in [9.17, 15) is 24.0 Å². The van der Waals surface area contributed by atoms with Gasteiger partial charge in [-0.15, -0.1) is 0 Å². The fourth-order valence-corrected chi connectivity index (χ4v) is 7.36. The highest BCUT2D eigenvalue weighted by molar-refractivity contribution is 5.92. The quantitative estimate of drug-likeness (QED) is 0.0453. The molecule has 0 amide bonds. The molecule has 348 valence electrons. The Morgan fingerprint density at radius 1 is 0.551 bits per heavy atom. The van der Waals surface area contributed by atoms with Gasteiger partial charge < -0.3 is 42.3 Å². The van der Waals surface area contributed by atoms with Crippen molar-refractivity contribution in [2.24, 2.45) is 0 Å². The van der Waals surface area contributed by atoms with Crippen LogP contribution in [-0.2, 0) is 23.7 Å². The summed E-state index contributed by atoms with van der Waals surface area (Å²) in [5.74, 6) is -2.95. The lowest BCUT2D eigenvalue weighted by atomic mass is 9.97. The van der Waals surface area contributed by atoms with Crippen LogP contribution in [-0.4, -0.2) is 74.4 Å². The number of carbonyl (C=O) groups excluding carboxylic acids is 4. The molecule has 69 heavy (non-hydrogen) atoms. The van der Waals surface area contributed by atoms with Gasteiger partial charge in [-0.25, -0.2) is 19.2 Å². The first-order valence-corrected chi connectivity index (χ1v) is 21.7. The molecule has 0 unspecified atom stereocenters. The second-order valence-corrected chi connectivity index (χ2v) is 15.3. The molecule has 0 radical (unpaired) electrons. The molecule has 0 aliphatic carbocycles. The third-order valence-electron chi connectivity index (χ3n) is 10.7. The third-order valence-corrected chi connectivity index (χ3v) is 10.7. The van der Waals surface area contributed by atoms with Crippen molar-refractivity contribution in [2.45, 2.75) is 30.7 Å². The zero-order valence-electron chi connectivity index (χ0n) is 36.9. The summed E-state index contributed by atoms with van der Waals surface area (Å²) in [5, 5.41) is 0.121. The van der Waals surface area contributed by atoms with E-state index in [1.807, 2.05) is 0 Å². The number of rotatable bonds is 18. The first kappa shape index (κ1) is 46.8. The molecule has 1 fully saturated rings. The molecule has 0 spiro atoms. The summed E-state index contributed by atoms with van der Waals surface area (Å²) in [6.07, 6.45) is -3.87. The third kappa shape index (κ3) is 11.1. The first-order chi connectivity index (χ1) is 33.7. The zero-order valence-corrected chi connectivity index (χ0v) is 36.9. The molecule has 0 N–H and O–H groups in total. The molecule has 5 atom stereocenters. The highest BCUT2D eigenvalue weighted by Gasteiger charge is 2.54. The number of ether oxygens (including phenoxy) is 8. The van der Waals surface area contributed by atoms with Crippen LogP contribution in [0.25, 0.3) is 22.1 Å². The minimum Gasteiger partial charge on any atom is -0.490 e. The van der Waals surface area contributed by atoms with E-state index >= 15 is 0 Å². The summed E-state index contributed by atoms with van der Waals surface area (Å²) in [5.41, 5.74) is 0.942. The van der Waals surface area contributed by atoms with E-state index in [1.54, 1.807) is 115 Å². The lowest BCUT2D eigenvalue weighted by Crippen LogP contribution is -2.64. The maximum Gasteiger partial charge on any atom is 0.338 e. The number of benzene rings is 6. The number of carbonyl (C=O) groups is 4. The molecular weight excluding hydrogens is 885 g/mol. The van der Waals surface area contributed by atoms with Crippen LogP contribution >= 0.6 is 0 Å². The van der Waals surface area contributed by atoms with Crippen molar-refractivity contribution < 1.29 is 61.5 Å². The highest BCUT2D eigenvalue weighted by Crippen LogP contribution is 2.40. The maximum absolute atomic E-state index is 14.1. The molecule has 6 aromatic carbocycles. The average Bonchev–Trinajstić information content (AvgIpc) is 3.39. The fourth-order valence-electron chi connectivity index (χ4n) is 7.36. The molecule has 1 aromatic heterocycles. The van der Waals surface area contributed by atoms with Gasteiger partial charge in [-0.1, -0.05) is 110 Å². The van der Waals surface area contributed by atoms with Crippen molar-refractivity contribution in [2.75, 3.05) is 19.8 Å². The van der Waals surface area contributed by atoms with E-state index in [1.165, 1.54) is 60.9 Å². The minimum absolute atomic E-state index is 0.0160. The van der Waals surface area contributed by atoms with E-state index in [0.717, 1.165) is 0 Å². The molecule has 14 nitrogen and oxygen atoms in total. The molecular formula is C55H44O14. The summed E-state index contributed by atoms with van der Waals surface area (Å²) in [6.45, 7) is 7.06. The van der Waals surface area contributed by atoms with Gasteiger partial charge in [-0.05, 0) is 78.4 Å². The Balaban J connectivity index is 1.23. The second-order valence-electron chi connectivity index (χ2n) is 15.3. The summed E-state index contributed by atoms with van der Waals surface area (Å²) in [6, 6.07) is 41.9. The molecule has 1 aliphatic rings. The van der Waals surface area contributed by atoms with Gasteiger partial charge >= 0.3 is 23.9 Å². The molecule has 14 heteroatoms. The van der Waals surface area contributed by atoms with Crippen molar-refractivity contribution in [1.82, 2.24) is 0 Å². The van der Waals surface area contributed by atoms with Crippen LogP contribution in [0.3, 0.4) is 0 Å². The maximum atomic E-state index is 14.1. The number of hydrogen-bond donors (Lipinski definition) is 0. The van der Waals surface area contributed by atoms with E-state index < -0.39 is 66.6 Å². The lowest BCUT2D eigenvalue weighted by Gasteiger charge is -2.44. The van der Waals surface area contributed by atoms with Crippen LogP contribution in [0, 0.1) is 0 Å². The Kier molecular flexibility index (Phi) is 15.0. The SMILES string of the molecule is C=CCOc1ccc(-c2coc3c(OCC=C)c(O[C@@H]4O[C@H](COC(=O)c5ccccc5)[C@@H](OC(=O)c5ccccc5)[C@@H](OC(=O)c5ccccc5)[C@H]4OC(=O)c4ccccc4)ccc3c2=O)cc1. The summed E-state index contributed by atoms with van der Waals surface area (Å²) < 4.78 is 55.3. The lowest BCUT2D eigenvalue weighted by molar-refractivity contribution is -0.275. The summed E-state index contributed by atoms with van der Waals surface area (Å²) in [4.78, 5) is 69.8. The van der Waals surface area contributed by atoms with Gasteiger partial charge in [0.15, 0.2) is 23.5 Å². The van der Waals surface area contributed by atoms with Crippen LogP contribution in [0.15, 0.2) is 199 Å². The second kappa shape index (κ2) is 22.2. The fraction of sp³-hybridized carbons (Fsp3) is 0.145. The van der Waals surface area contributed by atoms with Gasteiger partial charge in [0.1, 0.15) is 37.9 Å². The van der Waals surface area contributed by atoms with Gasteiger partial charge in [-0.3, -0.25) is 4.79 Å².